The average Bonchev–Trinajstić information content (AvgIpc) is 2.49. The highest BCUT2D eigenvalue weighted by Gasteiger charge is 2.19. The first-order valence-electron chi connectivity index (χ1n) is 6.02. The topological polar surface area (TPSA) is 0 Å². The van der Waals surface area contributed by atoms with E-state index < -0.39 is 0 Å². The Labute approximate surface area is 97.0 Å². The highest BCUT2D eigenvalue weighted by molar-refractivity contribution is 5.85. The summed E-state index contributed by atoms with van der Waals surface area (Å²) in [6, 6.07) is 8.80. The third-order valence-corrected chi connectivity index (χ3v) is 3.54. The molecule has 0 bridgehead atoms. The van der Waals surface area contributed by atoms with E-state index >= 15 is 0 Å². The molecule has 2 aliphatic carbocycles. The van der Waals surface area contributed by atoms with Crippen LogP contribution in [0.4, 0.5) is 0 Å². The molecule has 16 heavy (non-hydrogen) atoms. The zero-order valence-electron chi connectivity index (χ0n) is 9.50. The van der Waals surface area contributed by atoms with Gasteiger partial charge in [-0.25, -0.2) is 0 Å². The molecule has 0 heterocycles. The minimum absolute atomic E-state index is 1.01. The molecular formula is C16H16. The van der Waals surface area contributed by atoms with Gasteiger partial charge in [-0.1, -0.05) is 43.0 Å². The molecule has 0 saturated carbocycles. The van der Waals surface area contributed by atoms with E-state index in [9.17, 15) is 0 Å². The summed E-state index contributed by atoms with van der Waals surface area (Å²) in [5.41, 5.74) is 7.11. The van der Waals surface area contributed by atoms with Crippen molar-refractivity contribution < 1.29 is 0 Å². The Morgan fingerprint density at radius 3 is 2.88 bits per heavy atom. The van der Waals surface area contributed by atoms with E-state index in [1.54, 1.807) is 0 Å². The molecule has 0 N–H and O–H groups in total. The van der Waals surface area contributed by atoms with Gasteiger partial charge in [0.25, 0.3) is 0 Å². The fourth-order valence-electron chi connectivity index (χ4n) is 2.78. The maximum Gasteiger partial charge on any atom is -0.00938 e. The molecule has 2 aliphatic rings. The standard InChI is InChI=1S/C16H16/c1-12-6-4-9-14-10-5-8-13-7-2-3-11-15(13)16(12)14/h2-4,7,9,11H,1,5-6,8,10H2. The highest BCUT2D eigenvalue weighted by atomic mass is 14.2. The van der Waals surface area contributed by atoms with Gasteiger partial charge in [-0.2, -0.15) is 0 Å². The van der Waals surface area contributed by atoms with Crippen molar-refractivity contribution in [2.75, 3.05) is 0 Å². The summed E-state index contributed by atoms with van der Waals surface area (Å²) in [4.78, 5) is 0. The Bertz CT molecular complexity index is 501. The fourth-order valence-corrected chi connectivity index (χ4v) is 2.78. The normalized spacial score (nSPS) is 19.1. The van der Waals surface area contributed by atoms with Gasteiger partial charge in [-0.05, 0) is 53.5 Å². The van der Waals surface area contributed by atoms with Gasteiger partial charge in [0.2, 0.25) is 0 Å². The summed E-state index contributed by atoms with van der Waals surface area (Å²) in [6.07, 6.45) is 9.20. The molecule has 0 unspecified atom stereocenters. The highest BCUT2D eigenvalue weighted by Crippen LogP contribution is 2.38. The Kier molecular flexibility index (Phi) is 2.28. The molecule has 1 aromatic rings. The predicted molar refractivity (Wildman–Crippen MR) is 69.2 cm³/mol. The second kappa shape index (κ2) is 3.79. The summed E-state index contributed by atoms with van der Waals surface area (Å²) in [5.74, 6) is 0. The van der Waals surface area contributed by atoms with Gasteiger partial charge >= 0.3 is 0 Å². The molecule has 0 spiro atoms. The SMILES string of the molecule is C=C1CC=CC2=C1c1ccccc1CCC2. The number of hydrogen-bond acceptors (Lipinski definition) is 0. The van der Waals surface area contributed by atoms with Crippen LogP contribution in [0.3, 0.4) is 0 Å². The van der Waals surface area contributed by atoms with Crippen molar-refractivity contribution in [3.05, 3.63) is 65.3 Å². The number of hydrogen-bond donors (Lipinski definition) is 0. The summed E-state index contributed by atoms with van der Waals surface area (Å²) in [7, 11) is 0. The Morgan fingerprint density at radius 2 is 1.94 bits per heavy atom. The quantitative estimate of drug-likeness (QED) is 0.596. The summed E-state index contributed by atoms with van der Waals surface area (Å²) in [5, 5.41) is 0. The van der Waals surface area contributed by atoms with Crippen molar-refractivity contribution in [2.24, 2.45) is 0 Å². The number of rotatable bonds is 0. The zero-order chi connectivity index (χ0) is 11.0. The number of benzene rings is 1. The molecule has 0 amide bonds. The van der Waals surface area contributed by atoms with E-state index in [-0.39, 0.29) is 0 Å². The van der Waals surface area contributed by atoms with Gasteiger partial charge in [0.05, 0.1) is 0 Å². The van der Waals surface area contributed by atoms with E-state index in [1.165, 1.54) is 47.1 Å². The van der Waals surface area contributed by atoms with Gasteiger partial charge in [0, 0.05) is 0 Å². The molecular weight excluding hydrogens is 192 g/mol. The number of allylic oxidation sites excluding steroid dienone is 5. The van der Waals surface area contributed by atoms with Gasteiger partial charge < -0.3 is 0 Å². The van der Waals surface area contributed by atoms with E-state index in [0.717, 1.165) is 6.42 Å². The molecule has 0 atom stereocenters. The first-order valence-corrected chi connectivity index (χ1v) is 6.02. The maximum atomic E-state index is 4.23. The van der Waals surface area contributed by atoms with Crippen LogP contribution < -0.4 is 0 Å². The Morgan fingerprint density at radius 1 is 1.06 bits per heavy atom. The predicted octanol–water partition coefficient (Wildman–Crippen LogP) is 4.29. The summed E-state index contributed by atoms with van der Waals surface area (Å²) >= 11 is 0. The van der Waals surface area contributed by atoms with Crippen LogP contribution >= 0.6 is 0 Å². The molecule has 0 saturated heterocycles. The van der Waals surface area contributed by atoms with E-state index in [2.05, 4.69) is 43.0 Å². The Balaban J connectivity index is 2.24. The van der Waals surface area contributed by atoms with E-state index in [4.69, 9.17) is 0 Å². The van der Waals surface area contributed by atoms with Crippen molar-refractivity contribution in [3.8, 4) is 0 Å². The number of aryl methyl sites for hydroxylation is 1. The van der Waals surface area contributed by atoms with Crippen LogP contribution in [0.1, 0.15) is 30.4 Å². The molecule has 80 valence electrons. The largest absolute Gasteiger partial charge is 0.0949 e. The summed E-state index contributed by atoms with van der Waals surface area (Å²) < 4.78 is 0. The average molecular weight is 208 g/mol. The van der Waals surface area contributed by atoms with Crippen molar-refractivity contribution >= 4 is 5.57 Å². The molecule has 0 radical (unpaired) electrons. The summed E-state index contributed by atoms with van der Waals surface area (Å²) in [6.45, 7) is 4.23. The fraction of sp³-hybridized carbons (Fsp3) is 0.250. The number of fused-ring (bicyclic) bond motifs is 2. The third kappa shape index (κ3) is 1.46. The second-order valence-electron chi connectivity index (χ2n) is 4.62. The molecule has 0 aliphatic heterocycles. The maximum absolute atomic E-state index is 4.23. The van der Waals surface area contributed by atoms with Crippen LogP contribution in [-0.4, -0.2) is 0 Å². The molecule has 3 rings (SSSR count). The lowest BCUT2D eigenvalue weighted by Gasteiger charge is -2.18. The molecule has 0 heteroatoms. The molecule has 0 aromatic heterocycles. The minimum Gasteiger partial charge on any atom is -0.0949 e. The smallest absolute Gasteiger partial charge is 0.00938 e. The molecule has 1 aromatic carbocycles. The van der Waals surface area contributed by atoms with Crippen molar-refractivity contribution in [1.29, 1.82) is 0 Å². The molecule has 0 fully saturated rings. The van der Waals surface area contributed by atoms with Crippen LogP contribution in [0.25, 0.3) is 5.57 Å². The van der Waals surface area contributed by atoms with E-state index in [1.807, 2.05) is 0 Å². The second-order valence-corrected chi connectivity index (χ2v) is 4.62. The van der Waals surface area contributed by atoms with Crippen molar-refractivity contribution in [3.63, 3.8) is 0 Å². The first kappa shape index (κ1) is 9.65. The van der Waals surface area contributed by atoms with Gasteiger partial charge in [-0.15, -0.1) is 0 Å². The van der Waals surface area contributed by atoms with E-state index in [0.29, 0.717) is 0 Å². The van der Waals surface area contributed by atoms with Crippen molar-refractivity contribution in [2.45, 2.75) is 25.7 Å². The van der Waals surface area contributed by atoms with Crippen LogP contribution in [0.5, 0.6) is 0 Å². The van der Waals surface area contributed by atoms with Crippen LogP contribution in [0, 0.1) is 0 Å². The van der Waals surface area contributed by atoms with Gasteiger partial charge in [0.15, 0.2) is 0 Å². The van der Waals surface area contributed by atoms with Gasteiger partial charge in [-0.3, -0.25) is 0 Å². The molecule has 0 nitrogen and oxygen atoms in total. The van der Waals surface area contributed by atoms with Gasteiger partial charge in [0.1, 0.15) is 0 Å². The monoisotopic (exact) mass is 208 g/mol. The lowest BCUT2D eigenvalue weighted by molar-refractivity contribution is 0.833. The lowest BCUT2D eigenvalue weighted by atomic mass is 9.87. The minimum atomic E-state index is 1.01. The first-order chi connectivity index (χ1) is 7.86. The zero-order valence-corrected chi connectivity index (χ0v) is 9.50. The van der Waals surface area contributed by atoms with Crippen LogP contribution in [0.2, 0.25) is 0 Å². The third-order valence-electron chi connectivity index (χ3n) is 3.54. The van der Waals surface area contributed by atoms with Crippen LogP contribution in [0.15, 0.2) is 54.1 Å². The lowest BCUT2D eigenvalue weighted by Crippen LogP contribution is -1.97. The Hall–Kier alpha value is -1.56. The van der Waals surface area contributed by atoms with Crippen molar-refractivity contribution in [1.82, 2.24) is 0 Å². The van der Waals surface area contributed by atoms with Crippen LogP contribution in [-0.2, 0) is 6.42 Å².